The minimum Gasteiger partial charge on any atom is -0.276 e. The van der Waals surface area contributed by atoms with Crippen LogP contribution in [-0.2, 0) is 13.1 Å². The number of hydrogen-bond acceptors (Lipinski definition) is 0. The maximum absolute atomic E-state index is 2.37. The Hall–Kier alpha value is -1.64. The molecule has 0 radical (unpaired) electrons. The molecule has 0 spiro atoms. The molecule has 0 fully saturated rings. The molecule has 0 aliphatic heterocycles. The minimum atomic E-state index is 0.500. The van der Waals surface area contributed by atoms with Crippen LogP contribution in [0.15, 0.2) is 60.7 Å². The third kappa shape index (κ3) is 4.19. The van der Waals surface area contributed by atoms with E-state index in [-0.39, 0.29) is 0 Å². The summed E-state index contributed by atoms with van der Waals surface area (Å²) in [6, 6.07) is 21.6. The molecule has 0 heterocycles. The Morgan fingerprint density at radius 1 is 0.636 bits per heavy atom. The highest BCUT2D eigenvalue weighted by Crippen LogP contribution is 2.22. The highest BCUT2D eigenvalue weighted by atomic mass is 15.5. The summed E-state index contributed by atoms with van der Waals surface area (Å²) in [5.41, 5.74) is 2.80. The molecule has 0 aromatic heterocycles. The molecule has 2 heteroatoms. The largest absolute Gasteiger partial charge is 0.276 e. The van der Waals surface area contributed by atoms with Crippen molar-refractivity contribution in [3.8, 4) is 0 Å². The summed E-state index contributed by atoms with van der Waals surface area (Å²) in [5.74, 6) is 0. The second-order valence-electron chi connectivity index (χ2n) is 7.48. The van der Waals surface area contributed by atoms with Gasteiger partial charge in [-0.05, 0) is 0 Å². The summed E-state index contributed by atoms with van der Waals surface area (Å²) in [6.07, 6.45) is 0.500. The molecule has 2 nitrogen and oxygen atoms in total. The standard InChI is InChI=1S/C20H30N2/c1-18(21(2,3)16-19-12-8-6-9-13-19)22(4,5)17-20-14-10-7-11-15-20/h6-15,18H,16-17H2,1-5H3/q+2. The van der Waals surface area contributed by atoms with E-state index in [9.17, 15) is 0 Å². The van der Waals surface area contributed by atoms with Crippen LogP contribution in [0.4, 0.5) is 0 Å². The highest BCUT2D eigenvalue weighted by molar-refractivity contribution is 5.14. The van der Waals surface area contributed by atoms with Gasteiger partial charge < -0.3 is 0 Å². The fraction of sp³-hybridized carbons (Fsp3) is 0.400. The van der Waals surface area contributed by atoms with Gasteiger partial charge >= 0.3 is 0 Å². The number of benzene rings is 2. The van der Waals surface area contributed by atoms with Crippen LogP contribution in [-0.4, -0.2) is 43.3 Å². The Bertz CT molecular complexity index is 520. The third-order valence-corrected chi connectivity index (χ3v) is 4.89. The summed E-state index contributed by atoms with van der Waals surface area (Å²) in [5, 5.41) is 0. The molecule has 0 saturated carbocycles. The van der Waals surface area contributed by atoms with Gasteiger partial charge in [0.05, 0.1) is 28.2 Å². The lowest BCUT2D eigenvalue weighted by Gasteiger charge is -2.45. The average Bonchev–Trinajstić information content (AvgIpc) is 2.47. The number of quaternary nitrogens is 2. The van der Waals surface area contributed by atoms with Gasteiger partial charge in [0.25, 0.3) is 0 Å². The van der Waals surface area contributed by atoms with E-state index in [2.05, 4.69) is 95.8 Å². The van der Waals surface area contributed by atoms with E-state index in [1.807, 2.05) is 0 Å². The normalized spacial score (nSPS) is 12.6. The molecule has 0 atom stereocenters. The van der Waals surface area contributed by atoms with Crippen molar-refractivity contribution in [3.05, 3.63) is 71.8 Å². The molecule has 2 rings (SSSR count). The predicted octanol–water partition coefficient (Wildman–Crippen LogP) is 3.89. The zero-order valence-corrected chi connectivity index (χ0v) is 14.7. The van der Waals surface area contributed by atoms with E-state index in [1.54, 1.807) is 0 Å². The van der Waals surface area contributed by atoms with Crippen molar-refractivity contribution in [3.63, 3.8) is 0 Å². The monoisotopic (exact) mass is 298 g/mol. The molecule has 118 valence electrons. The van der Waals surface area contributed by atoms with E-state index in [0.29, 0.717) is 6.17 Å². The van der Waals surface area contributed by atoms with Crippen LogP contribution in [0.5, 0.6) is 0 Å². The zero-order valence-electron chi connectivity index (χ0n) is 14.7. The SMILES string of the molecule is CC([N+](C)(C)Cc1ccccc1)[N+](C)(C)Cc1ccccc1. The Kier molecular flexibility index (Phi) is 5.05. The van der Waals surface area contributed by atoms with Gasteiger partial charge in [-0.1, -0.05) is 60.7 Å². The molecule has 0 amide bonds. The van der Waals surface area contributed by atoms with Crippen molar-refractivity contribution in [2.45, 2.75) is 26.2 Å². The Balaban J connectivity index is 2.12. The molecule has 2 aromatic carbocycles. The van der Waals surface area contributed by atoms with Crippen molar-refractivity contribution in [1.82, 2.24) is 0 Å². The molecule has 0 saturated heterocycles. The van der Waals surface area contributed by atoms with Gasteiger partial charge in [0.2, 0.25) is 6.17 Å². The van der Waals surface area contributed by atoms with Gasteiger partial charge in [0.15, 0.2) is 0 Å². The van der Waals surface area contributed by atoms with Crippen LogP contribution in [0, 0.1) is 0 Å². The van der Waals surface area contributed by atoms with Gasteiger partial charge in [0, 0.05) is 18.1 Å². The van der Waals surface area contributed by atoms with Gasteiger partial charge in [-0.3, -0.25) is 8.97 Å². The number of hydrogen-bond donors (Lipinski definition) is 0. The summed E-state index contributed by atoms with van der Waals surface area (Å²) in [6.45, 7) is 4.48. The van der Waals surface area contributed by atoms with Gasteiger partial charge in [-0.15, -0.1) is 0 Å². The highest BCUT2D eigenvalue weighted by Gasteiger charge is 2.37. The number of nitrogens with zero attached hydrogens (tertiary/aromatic N) is 2. The first-order valence-corrected chi connectivity index (χ1v) is 8.04. The van der Waals surface area contributed by atoms with Crippen LogP contribution in [0.3, 0.4) is 0 Å². The molecular weight excluding hydrogens is 268 g/mol. The van der Waals surface area contributed by atoms with Crippen molar-refractivity contribution in [2.75, 3.05) is 28.2 Å². The summed E-state index contributed by atoms with van der Waals surface area (Å²) < 4.78 is 1.95. The second kappa shape index (κ2) is 6.64. The maximum atomic E-state index is 2.37. The summed E-state index contributed by atoms with van der Waals surface area (Å²) in [4.78, 5) is 0. The van der Waals surface area contributed by atoms with Crippen LogP contribution in [0.1, 0.15) is 18.1 Å². The molecule has 0 aliphatic carbocycles. The quantitative estimate of drug-likeness (QED) is 0.561. The van der Waals surface area contributed by atoms with E-state index in [0.717, 1.165) is 22.1 Å². The molecule has 0 N–H and O–H groups in total. The van der Waals surface area contributed by atoms with Crippen LogP contribution >= 0.6 is 0 Å². The maximum Gasteiger partial charge on any atom is 0.213 e. The summed E-state index contributed by atoms with van der Waals surface area (Å²) >= 11 is 0. The van der Waals surface area contributed by atoms with Crippen molar-refractivity contribution in [2.24, 2.45) is 0 Å². The Morgan fingerprint density at radius 2 is 0.955 bits per heavy atom. The van der Waals surface area contributed by atoms with E-state index in [4.69, 9.17) is 0 Å². The van der Waals surface area contributed by atoms with Gasteiger partial charge in [-0.25, -0.2) is 0 Å². The van der Waals surface area contributed by atoms with Gasteiger partial charge in [0.1, 0.15) is 13.1 Å². The molecule has 0 unspecified atom stereocenters. The second-order valence-corrected chi connectivity index (χ2v) is 7.48. The fourth-order valence-corrected chi connectivity index (χ4v) is 3.22. The lowest BCUT2D eigenvalue weighted by atomic mass is 10.1. The number of rotatable bonds is 6. The third-order valence-electron chi connectivity index (χ3n) is 4.89. The first kappa shape index (κ1) is 16.7. The molecule has 2 aromatic rings. The molecule has 0 aliphatic rings. The van der Waals surface area contributed by atoms with E-state index >= 15 is 0 Å². The van der Waals surface area contributed by atoms with Crippen molar-refractivity contribution < 1.29 is 8.97 Å². The lowest BCUT2D eigenvalue weighted by molar-refractivity contribution is -1.11. The molecule has 0 bridgehead atoms. The zero-order chi connectivity index (χ0) is 16.2. The molecule has 22 heavy (non-hydrogen) atoms. The fourth-order valence-electron chi connectivity index (χ4n) is 3.22. The van der Waals surface area contributed by atoms with Crippen molar-refractivity contribution >= 4 is 0 Å². The van der Waals surface area contributed by atoms with Crippen LogP contribution in [0.2, 0.25) is 0 Å². The topological polar surface area (TPSA) is 0 Å². The Morgan fingerprint density at radius 3 is 1.27 bits per heavy atom. The van der Waals surface area contributed by atoms with Gasteiger partial charge in [-0.2, -0.15) is 0 Å². The predicted molar refractivity (Wildman–Crippen MR) is 94.0 cm³/mol. The first-order chi connectivity index (χ1) is 10.3. The first-order valence-electron chi connectivity index (χ1n) is 8.04. The smallest absolute Gasteiger partial charge is 0.213 e. The minimum absolute atomic E-state index is 0.500. The van der Waals surface area contributed by atoms with E-state index in [1.165, 1.54) is 11.1 Å². The van der Waals surface area contributed by atoms with Crippen LogP contribution < -0.4 is 0 Å². The van der Waals surface area contributed by atoms with Crippen LogP contribution in [0.25, 0.3) is 0 Å². The summed E-state index contributed by atoms with van der Waals surface area (Å²) in [7, 11) is 9.34. The van der Waals surface area contributed by atoms with Crippen molar-refractivity contribution in [1.29, 1.82) is 0 Å². The molecular formula is C20H30N2+2. The average molecular weight is 298 g/mol. The Labute approximate surface area is 135 Å². The van der Waals surface area contributed by atoms with E-state index < -0.39 is 0 Å². The lowest BCUT2D eigenvalue weighted by Crippen LogP contribution is -2.62.